The van der Waals surface area contributed by atoms with Crippen molar-refractivity contribution in [1.29, 1.82) is 0 Å². The lowest BCUT2D eigenvalue weighted by Crippen LogP contribution is -2.32. The van der Waals surface area contributed by atoms with E-state index >= 15 is 0 Å². The van der Waals surface area contributed by atoms with Gasteiger partial charge in [0.15, 0.2) is 17.6 Å². The fraction of sp³-hybridized carbons (Fsp3) is 0.250. The number of carbonyl (C=O) groups excluding carboxylic acids is 1. The van der Waals surface area contributed by atoms with Crippen LogP contribution >= 0.6 is 0 Å². The normalized spacial score (nSPS) is 13.0. The van der Waals surface area contributed by atoms with Gasteiger partial charge in [0.2, 0.25) is 5.88 Å². The van der Waals surface area contributed by atoms with Gasteiger partial charge in [-0.25, -0.2) is 13.8 Å². The molecular formula is C20H14F8N4O3. The predicted octanol–water partition coefficient (Wildman–Crippen LogP) is 5.36. The highest BCUT2D eigenvalue weighted by Crippen LogP contribution is 2.37. The van der Waals surface area contributed by atoms with E-state index in [0.29, 0.717) is 25.1 Å². The molecular weight excluding hydrogens is 496 g/mol. The second-order valence-electron chi connectivity index (χ2n) is 7.14. The summed E-state index contributed by atoms with van der Waals surface area (Å²) in [5, 5.41) is 16.3. The molecule has 1 aromatic carbocycles. The number of halogens is 8. The number of alkyl halides is 6. The number of hydrogen-bond donors (Lipinski definition) is 3. The first-order valence-electron chi connectivity index (χ1n) is 9.46. The van der Waals surface area contributed by atoms with Gasteiger partial charge in [-0.15, -0.1) is 0 Å². The number of aromatic hydroxyl groups is 1. The summed E-state index contributed by atoms with van der Waals surface area (Å²) in [5.74, 6) is -5.89. The van der Waals surface area contributed by atoms with E-state index in [9.17, 15) is 45.0 Å². The lowest BCUT2D eigenvalue weighted by Gasteiger charge is -2.20. The summed E-state index contributed by atoms with van der Waals surface area (Å²) in [6.07, 6.45) is -12.4. The highest BCUT2D eigenvalue weighted by Gasteiger charge is 2.40. The molecule has 0 saturated carbocycles. The lowest BCUT2D eigenvalue weighted by atomic mass is 10.0. The number of rotatable bonds is 5. The van der Waals surface area contributed by atoms with Gasteiger partial charge in [0, 0.05) is 5.56 Å². The SMILES string of the molecule is Cc1n[nH]c(C(F)(F)F)c1NC(=O)c1cc(F)c(-c2ccc(F)c(O)n2)cc1O[C@@H](C)C(F)(F)F. The zero-order valence-electron chi connectivity index (χ0n) is 17.6. The highest BCUT2D eigenvalue weighted by molar-refractivity contribution is 6.07. The average Bonchev–Trinajstić information content (AvgIpc) is 3.11. The van der Waals surface area contributed by atoms with Crippen molar-refractivity contribution in [3.8, 4) is 22.9 Å². The van der Waals surface area contributed by atoms with Crippen LogP contribution in [0.1, 0.15) is 28.7 Å². The Morgan fingerprint density at radius 3 is 2.34 bits per heavy atom. The van der Waals surface area contributed by atoms with Crippen LogP contribution in [0, 0.1) is 18.6 Å². The van der Waals surface area contributed by atoms with Crippen LogP contribution in [0.2, 0.25) is 0 Å². The molecule has 2 heterocycles. The molecule has 2 aromatic heterocycles. The third-order valence-corrected chi connectivity index (χ3v) is 4.65. The number of hydrogen-bond acceptors (Lipinski definition) is 5. The van der Waals surface area contributed by atoms with Crippen molar-refractivity contribution in [2.45, 2.75) is 32.3 Å². The minimum Gasteiger partial charge on any atom is -0.491 e. The number of ether oxygens (including phenoxy) is 1. The first-order chi connectivity index (χ1) is 16.1. The molecule has 3 N–H and O–H groups in total. The molecule has 0 bridgehead atoms. The molecule has 7 nitrogen and oxygen atoms in total. The highest BCUT2D eigenvalue weighted by atomic mass is 19.4. The number of nitrogens with one attached hydrogen (secondary N) is 2. The van der Waals surface area contributed by atoms with Crippen LogP contribution in [0.3, 0.4) is 0 Å². The Kier molecular flexibility index (Phi) is 6.64. The topological polar surface area (TPSA) is 100 Å². The molecule has 0 saturated heterocycles. The first-order valence-corrected chi connectivity index (χ1v) is 9.46. The minimum atomic E-state index is -4.97. The Morgan fingerprint density at radius 2 is 1.77 bits per heavy atom. The fourth-order valence-electron chi connectivity index (χ4n) is 2.83. The monoisotopic (exact) mass is 510 g/mol. The molecule has 188 valence electrons. The van der Waals surface area contributed by atoms with Gasteiger partial charge in [0.25, 0.3) is 5.91 Å². The van der Waals surface area contributed by atoms with E-state index in [2.05, 4.69) is 10.1 Å². The van der Waals surface area contributed by atoms with E-state index in [4.69, 9.17) is 4.74 Å². The van der Waals surface area contributed by atoms with E-state index < -0.39 is 75.8 Å². The molecule has 0 unspecified atom stereocenters. The molecule has 0 radical (unpaired) electrons. The van der Waals surface area contributed by atoms with Gasteiger partial charge in [0.05, 0.1) is 22.6 Å². The van der Waals surface area contributed by atoms with Crippen LogP contribution in [0.25, 0.3) is 11.3 Å². The van der Waals surface area contributed by atoms with Gasteiger partial charge in [-0.2, -0.15) is 31.4 Å². The summed E-state index contributed by atoms with van der Waals surface area (Å²) in [6.45, 7) is 1.69. The van der Waals surface area contributed by atoms with Gasteiger partial charge in [-0.1, -0.05) is 0 Å². The number of amides is 1. The number of H-pyrrole nitrogens is 1. The molecule has 3 rings (SSSR count). The van der Waals surface area contributed by atoms with Crippen LogP contribution in [-0.4, -0.2) is 38.5 Å². The smallest absolute Gasteiger partial charge is 0.434 e. The Bertz CT molecular complexity index is 1270. The Balaban J connectivity index is 2.11. The van der Waals surface area contributed by atoms with E-state index in [1.165, 1.54) is 0 Å². The lowest BCUT2D eigenvalue weighted by molar-refractivity contribution is -0.189. The zero-order chi connectivity index (χ0) is 26.3. The summed E-state index contributed by atoms with van der Waals surface area (Å²) in [4.78, 5) is 16.1. The number of pyridine rings is 1. The summed E-state index contributed by atoms with van der Waals surface area (Å²) in [7, 11) is 0. The van der Waals surface area contributed by atoms with E-state index in [-0.39, 0.29) is 5.69 Å². The molecule has 0 aliphatic carbocycles. The van der Waals surface area contributed by atoms with Crippen molar-refractivity contribution in [3.63, 3.8) is 0 Å². The first kappa shape index (κ1) is 25.7. The summed E-state index contributed by atoms with van der Waals surface area (Å²) in [6, 6.07) is 2.64. The molecule has 0 aliphatic heterocycles. The van der Waals surface area contributed by atoms with Crippen molar-refractivity contribution in [2.75, 3.05) is 5.32 Å². The summed E-state index contributed by atoms with van der Waals surface area (Å²) < 4.78 is 112. The molecule has 0 spiro atoms. The van der Waals surface area contributed by atoms with Crippen LogP contribution in [0.4, 0.5) is 40.8 Å². The minimum absolute atomic E-state index is 0.306. The van der Waals surface area contributed by atoms with Crippen molar-refractivity contribution in [1.82, 2.24) is 15.2 Å². The van der Waals surface area contributed by atoms with E-state index in [0.717, 1.165) is 13.0 Å². The van der Waals surface area contributed by atoms with Crippen LogP contribution in [0.5, 0.6) is 11.6 Å². The maximum atomic E-state index is 14.8. The number of aromatic nitrogens is 3. The number of nitrogens with zero attached hydrogens (tertiary/aromatic N) is 2. The third kappa shape index (κ3) is 5.44. The second-order valence-corrected chi connectivity index (χ2v) is 7.14. The van der Waals surface area contributed by atoms with E-state index in [1.807, 2.05) is 5.32 Å². The maximum absolute atomic E-state index is 14.8. The average molecular weight is 510 g/mol. The number of carbonyl (C=O) groups is 1. The Morgan fingerprint density at radius 1 is 1.11 bits per heavy atom. The van der Waals surface area contributed by atoms with Crippen molar-refractivity contribution in [3.05, 3.63) is 52.9 Å². The fourth-order valence-corrected chi connectivity index (χ4v) is 2.83. The van der Waals surface area contributed by atoms with Gasteiger partial charge < -0.3 is 15.2 Å². The number of aromatic amines is 1. The van der Waals surface area contributed by atoms with Crippen LogP contribution in [-0.2, 0) is 6.18 Å². The molecule has 0 fully saturated rings. The Hall–Kier alpha value is -3.91. The van der Waals surface area contributed by atoms with Crippen molar-refractivity contribution < 1.29 is 49.8 Å². The van der Waals surface area contributed by atoms with Gasteiger partial charge >= 0.3 is 12.4 Å². The third-order valence-electron chi connectivity index (χ3n) is 4.65. The molecule has 1 atom stereocenters. The largest absolute Gasteiger partial charge is 0.491 e. The second kappa shape index (κ2) is 9.03. The van der Waals surface area contributed by atoms with Crippen molar-refractivity contribution >= 4 is 11.6 Å². The quantitative estimate of drug-likeness (QED) is 0.401. The molecule has 15 heteroatoms. The van der Waals surface area contributed by atoms with Crippen molar-refractivity contribution in [2.24, 2.45) is 0 Å². The summed E-state index contributed by atoms with van der Waals surface area (Å²) in [5.41, 5.74) is -4.48. The standard InChI is InChI=1S/C20H14F8N4O3/c1-7-15(16(32-31-7)20(26,27)28)30-17(33)10-5-12(22)9(13-4-3-11(21)18(34)29-13)6-14(10)35-8(2)19(23,24)25/h3-6,8H,1-2H3,(H,29,34)(H,30,33)(H,31,32)/t8-/m0/s1. The Labute approximate surface area is 190 Å². The number of aryl methyl sites for hydroxylation is 1. The molecule has 1 amide bonds. The van der Waals surface area contributed by atoms with Crippen LogP contribution < -0.4 is 10.1 Å². The number of anilines is 1. The van der Waals surface area contributed by atoms with Gasteiger partial charge in [0.1, 0.15) is 11.6 Å². The predicted molar refractivity (Wildman–Crippen MR) is 104 cm³/mol. The summed E-state index contributed by atoms with van der Waals surface area (Å²) >= 11 is 0. The molecule has 35 heavy (non-hydrogen) atoms. The van der Waals surface area contributed by atoms with Gasteiger partial charge in [-0.05, 0) is 38.1 Å². The van der Waals surface area contributed by atoms with Crippen LogP contribution in [0.15, 0.2) is 24.3 Å². The number of benzene rings is 1. The van der Waals surface area contributed by atoms with E-state index in [1.54, 1.807) is 5.10 Å². The van der Waals surface area contributed by atoms with Gasteiger partial charge in [-0.3, -0.25) is 9.89 Å². The molecule has 0 aliphatic rings. The zero-order valence-corrected chi connectivity index (χ0v) is 17.6. The maximum Gasteiger partial charge on any atom is 0.434 e. The molecule has 3 aromatic rings.